The molecule has 1 fully saturated rings. The standard InChI is InChI=1S/C20H28N4O/c1-13-10-14(2)21-17(13)11-24-9-8-16-18(12-24)22-19(23-20(16)25)15-6-4-3-5-7-15/h10,15,21H,3-9,11-12H2,1-2H3,(H,22,23,25). The van der Waals surface area contributed by atoms with E-state index in [1.807, 2.05) is 0 Å². The predicted molar refractivity (Wildman–Crippen MR) is 98.8 cm³/mol. The predicted octanol–water partition coefficient (Wildman–Crippen LogP) is 3.32. The highest BCUT2D eigenvalue weighted by atomic mass is 16.1. The van der Waals surface area contributed by atoms with Crippen LogP contribution in [0, 0.1) is 13.8 Å². The van der Waals surface area contributed by atoms with Gasteiger partial charge in [-0.3, -0.25) is 9.69 Å². The van der Waals surface area contributed by atoms with Crippen LogP contribution in [0.4, 0.5) is 0 Å². The summed E-state index contributed by atoms with van der Waals surface area (Å²) in [6.07, 6.45) is 6.93. The van der Waals surface area contributed by atoms with Gasteiger partial charge in [-0.1, -0.05) is 19.3 Å². The number of rotatable bonds is 3. The lowest BCUT2D eigenvalue weighted by Gasteiger charge is -2.29. The zero-order chi connectivity index (χ0) is 17.4. The Morgan fingerprint density at radius 2 is 2.00 bits per heavy atom. The van der Waals surface area contributed by atoms with Gasteiger partial charge >= 0.3 is 0 Å². The number of aryl methyl sites for hydroxylation is 2. The van der Waals surface area contributed by atoms with Crippen LogP contribution in [0.2, 0.25) is 0 Å². The Balaban J connectivity index is 1.55. The zero-order valence-corrected chi connectivity index (χ0v) is 15.3. The summed E-state index contributed by atoms with van der Waals surface area (Å²) in [5.41, 5.74) is 5.78. The maximum atomic E-state index is 12.5. The second kappa shape index (κ2) is 6.79. The van der Waals surface area contributed by atoms with Crippen LogP contribution in [0.25, 0.3) is 0 Å². The summed E-state index contributed by atoms with van der Waals surface area (Å²) in [6.45, 7) is 6.83. The molecule has 2 N–H and O–H groups in total. The first-order chi connectivity index (χ1) is 12.1. The molecule has 0 atom stereocenters. The summed E-state index contributed by atoms with van der Waals surface area (Å²) in [7, 11) is 0. The number of hydrogen-bond acceptors (Lipinski definition) is 3. The smallest absolute Gasteiger partial charge is 0.254 e. The van der Waals surface area contributed by atoms with Crippen LogP contribution in [-0.2, 0) is 19.5 Å². The fraction of sp³-hybridized carbons (Fsp3) is 0.600. The van der Waals surface area contributed by atoms with Gasteiger partial charge in [-0.25, -0.2) is 4.98 Å². The molecule has 2 aromatic heterocycles. The molecule has 1 aliphatic heterocycles. The average molecular weight is 340 g/mol. The van der Waals surface area contributed by atoms with Gasteiger partial charge in [-0.2, -0.15) is 0 Å². The normalized spacial score (nSPS) is 19.1. The van der Waals surface area contributed by atoms with Crippen molar-refractivity contribution in [2.75, 3.05) is 6.54 Å². The molecule has 0 unspecified atom stereocenters. The molecule has 2 aromatic rings. The van der Waals surface area contributed by atoms with Gasteiger partial charge in [0.25, 0.3) is 5.56 Å². The largest absolute Gasteiger partial charge is 0.361 e. The molecule has 1 saturated carbocycles. The van der Waals surface area contributed by atoms with Crippen LogP contribution in [0.1, 0.15) is 72.1 Å². The molecule has 0 bridgehead atoms. The van der Waals surface area contributed by atoms with E-state index in [4.69, 9.17) is 4.98 Å². The Bertz CT molecular complexity index is 814. The number of nitrogens with one attached hydrogen (secondary N) is 2. The van der Waals surface area contributed by atoms with Crippen molar-refractivity contribution in [3.63, 3.8) is 0 Å². The minimum absolute atomic E-state index is 0.0946. The Morgan fingerprint density at radius 3 is 2.72 bits per heavy atom. The average Bonchev–Trinajstić information content (AvgIpc) is 2.92. The SMILES string of the molecule is Cc1cc(C)c(CN2CCc3c(nc(C4CCCCC4)[nH]c3=O)C2)[nH]1. The van der Waals surface area contributed by atoms with E-state index in [0.717, 1.165) is 56.0 Å². The van der Waals surface area contributed by atoms with Crippen LogP contribution in [-0.4, -0.2) is 26.4 Å². The quantitative estimate of drug-likeness (QED) is 0.901. The molecule has 1 aliphatic carbocycles. The Labute approximate surface area is 148 Å². The first kappa shape index (κ1) is 16.6. The van der Waals surface area contributed by atoms with Crippen molar-refractivity contribution >= 4 is 0 Å². The van der Waals surface area contributed by atoms with Crippen LogP contribution in [0.5, 0.6) is 0 Å². The van der Waals surface area contributed by atoms with Crippen LogP contribution >= 0.6 is 0 Å². The van der Waals surface area contributed by atoms with Crippen molar-refractivity contribution in [3.05, 3.63) is 50.5 Å². The van der Waals surface area contributed by atoms with E-state index in [-0.39, 0.29) is 5.56 Å². The van der Waals surface area contributed by atoms with E-state index in [1.165, 1.54) is 36.2 Å². The van der Waals surface area contributed by atoms with Crippen molar-refractivity contribution in [2.24, 2.45) is 0 Å². The number of aromatic amines is 2. The lowest BCUT2D eigenvalue weighted by molar-refractivity contribution is 0.236. The second-order valence-electron chi connectivity index (χ2n) is 7.79. The van der Waals surface area contributed by atoms with E-state index in [0.29, 0.717) is 5.92 Å². The zero-order valence-electron chi connectivity index (χ0n) is 15.3. The second-order valence-corrected chi connectivity index (χ2v) is 7.79. The molecule has 4 rings (SSSR count). The van der Waals surface area contributed by atoms with Crippen LogP contribution < -0.4 is 5.56 Å². The number of hydrogen-bond donors (Lipinski definition) is 2. The van der Waals surface area contributed by atoms with E-state index in [1.54, 1.807) is 0 Å². The van der Waals surface area contributed by atoms with Crippen molar-refractivity contribution in [3.8, 4) is 0 Å². The first-order valence-electron chi connectivity index (χ1n) is 9.59. The summed E-state index contributed by atoms with van der Waals surface area (Å²) < 4.78 is 0. The highest BCUT2D eigenvalue weighted by Gasteiger charge is 2.24. The number of aromatic nitrogens is 3. The molecule has 0 saturated heterocycles. The molecule has 3 heterocycles. The van der Waals surface area contributed by atoms with E-state index in [2.05, 4.69) is 34.8 Å². The maximum Gasteiger partial charge on any atom is 0.254 e. The van der Waals surface area contributed by atoms with Crippen molar-refractivity contribution in [1.29, 1.82) is 0 Å². The van der Waals surface area contributed by atoms with Crippen molar-refractivity contribution in [2.45, 2.75) is 71.4 Å². The molecule has 5 heteroatoms. The van der Waals surface area contributed by atoms with E-state index < -0.39 is 0 Å². The summed E-state index contributed by atoms with van der Waals surface area (Å²) >= 11 is 0. The van der Waals surface area contributed by atoms with Gasteiger partial charge in [0.05, 0.1) is 5.69 Å². The van der Waals surface area contributed by atoms with E-state index >= 15 is 0 Å². The number of nitrogens with zero attached hydrogens (tertiary/aromatic N) is 2. The molecule has 0 radical (unpaired) electrons. The molecule has 5 nitrogen and oxygen atoms in total. The third-order valence-electron chi connectivity index (χ3n) is 5.80. The van der Waals surface area contributed by atoms with Gasteiger partial charge in [0.2, 0.25) is 0 Å². The van der Waals surface area contributed by atoms with Crippen LogP contribution in [0.3, 0.4) is 0 Å². The molecule has 0 spiro atoms. The monoisotopic (exact) mass is 340 g/mol. The molecular weight excluding hydrogens is 312 g/mol. The first-order valence-corrected chi connectivity index (χ1v) is 9.59. The van der Waals surface area contributed by atoms with E-state index in [9.17, 15) is 4.79 Å². The lowest BCUT2D eigenvalue weighted by Crippen LogP contribution is -2.36. The van der Waals surface area contributed by atoms with Gasteiger partial charge in [0, 0.05) is 42.5 Å². The number of H-pyrrole nitrogens is 2. The summed E-state index contributed by atoms with van der Waals surface area (Å²) in [4.78, 5) is 26.4. The van der Waals surface area contributed by atoms with Crippen molar-refractivity contribution in [1.82, 2.24) is 19.9 Å². The van der Waals surface area contributed by atoms with Gasteiger partial charge in [-0.15, -0.1) is 0 Å². The molecular formula is C20H28N4O. The summed E-state index contributed by atoms with van der Waals surface area (Å²) in [6, 6.07) is 2.19. The summed E-state index contributed by atoms with van der Waals surface area (Å²) in [5, 5.41) is 0. The summed E-state index contributed by atoms with van der Waals surface area (Å²) in [5.74, 6) is 1.37. The lowest BCUT2D eigenvalue weighted by atomic mass is 9.88. The van der Waals surface area contributed by atoms with Gasteiger partial charge < -0.3 is 9.97 Å². The Hall–Kier alpha value is -1.88. The van der Waals surface area contributed by atoms with Gasteiger partial charge in [0.15, 0.2) is 0 Å². The van der Waals surface area contributed by atoms with Gasteiger partial charge in [-0.05, 0) is 44.7 Å². The third-order valence-corrected chi connectivity index (χ3v) is 5.80. The minimum atomic E-state index is 0.0946. The fourth-order valence-corrected chi connectivity index (χ4v) is 4.39. The highest BCUT2D eigenvalue weighted by molar-refractivity contribution is 5.25. The third kappa shape index (κ3) is 3.43. The van der Waals surface area contributed by atoms with Crippen LogP contribution in [0.15, 0.2) is 10.9 Å². The molecule has 134 valence electrons. The minimum Gasteiger partial charge on any atom is -0.361 e. The molecule has 0 aromatic carbocycles. The van der Waals surface area contributed by atoms with Gasteiger partial charge in [0.1, 0.15) is 5.82 Å². The Morgan fingerprint density at radius 1 is 1.20 bits per heavy atom. The Kier molecular flexibility index (Phi) is 4.50. The molecule has 25 heavy (non-hydrogen) atoms. The topological polar surface area (TPSA) is 64.8 Å². The number of fused-ring (bicyclic) bond motifs is 1. The molecule has 2 aliphatic rings. The fourth-order valence-electron chi connectivity index (χ4n) is 4.39. The molecule has 0 amide bonds. The highest BCUT2D eigenvalue weighted by Crippen LogP contribution is 2.31. The maximum absolute atomic E-state index is 12.5. The van der Waals surface area contributed by atoms with Crippen molar-refractivity contribution < 1.29 is 0 Å².